The fourth-order valence-corrected chi connectivity index (χ4v) is 5.22. The molecule has 1 heteroatoms. The summed E-state index contributed by atoms with van der Waals surface area (Å²) >= 11 is 0. The van der Waals surface area contributed by atoms with Gasteiger partial charge in [-0.1, -0.05) is 64.0 Å². The summed E-state index contributed by atoms with van der Waals surface area (Å²) in [6, 6.07) is 8.63. The van der Waals surface area contributed by atoms with E-state index in [1.165, 1.54) is 82.6 Å². The molecule has 0 bridgehead atoms. The van der Waals surface area contributed by atoms with Crippen LogP contribution < -0.4 is 5.73 Å². The van der Waals surface area contributed by atoms with E-state index in [4.69, 9.17) is 5.73 Å². The van der Waals surface area contributed by atoms with E-state index in [2.05, 4.69) is 31.2 Å². The lowest BCUT2D eigenvalue weighted by molar-refractivity contribution is 0.199. The highest BCUT2D eigenvalue weighted by Gasteiger charge is 2.27. The third-order valence-electron chi connectivity index (χ3n) is 6.85. The lowest BCUT2D eigenvalue weighted by Gasteiger charge is -2.34. The van der Waals surface area contributed by atoms with Gasteiger partial charge in [-0.2, -0.15) is 0 Å². The lowest BCUT2D eigenvalue weighted by Crippen LogP contribution is -2.20. The summed E-state index contributed by atoms with van der Waals surface area (Å²) in [5, 5.41) is 0. The number of anilines is 1. The van der Waals surface area contributed by atoms with Gasteiger partial charge in [-0.15, -0.1) is 0 Å². The Morgan fingerprint density at radius 2 is 1.33 bits per heavy atom. The largest absolute Gasteiger partial charge is 0.399 e. The average molecular weight is 328 g/mol. The van der Waals surface area contributed by atoms with E-state index in [0.717, 1.165) is 29.4 Å². The molecule has 2 N–H and O–H groups in total. The number of unbranched alkanes of at least 4 members (excludes halogenated alkanes) is 1. The van der Waals surface area contributed by atoms with Crippen molar-refractivity contribution < 1.29 is 0 Å². The molecule has 1 nitrogen and oxygen atoms in total. The van der Waals surface area contributed by atoms with Crippen molar-refractivity contribution in [2.24, 2.45) is 17.8 Å². The first kappa shape index (κ1) is 17.8. The molecule has 0 aliphatic heterocycles. The second-order valence-corrected chi connectivity index (χ2v) is 8.65. The van der Waals surface area contributed by atoms with Crippen LogP contribution >= 0.6 is 0 Å². The van der Waals surface area contributed by atoms with Gasteiger partial charge in [-0.25, -0.2) is 0 Å². The summed E-state index contributed by atoms with van der Waals surface area (Å²) in [6.07, 6.45) is 17.6. The number of nitrogen functional groups attached to an aromatic ring is 1. The van der Waals surface area contributed by atoms with Crippen LogP contribution in [0.2, 0.25) is 0 Å². The smallest absolute Gasteiger partial charge is 0.0314 e. The summed E-state index contributed by atoms with van der Waals surface area (Å²) in [5.74, 6) is 3.89. The van der Waals surface area contributed by atoms with Gasteiger partial charge in [0.05, 0.1) is 0 Å². The minimum Gasteiger partial charge on any atom is -0.399 e. The first-order valence-corrected chi connectivity index (χ1v) is 10.6. The van der Waals surface area contributed by atoms with Crippen LogP contribution in [0.1, 0.15) is 95.5 Å². The van der Waals surface area contributed by atoms with Gasteiger partial charge in [-0.3, -0.25) is 0 Å². The molecule has 1 aromatic rings. The first-order chi connectivity index (χ1) is 11.7. The molecule has 2 saturated carbocycles. The second kappa shape index (κ2) is 8.92. The zero-order valence-corrected chi connectivity index (χ0v) is 15.7. The zero-order chi connectivity index (χ0) is 16.8. The molecular formula is C23H37N. The van der Waals surface area contributed by atoms with Crippen LogP contribution in [-0.2, 0) is 0 Å². The van der Waals surface area contributed by atoms with Crippen LogP contribution in [0.4, 0.5) is 5.69 Å². The van der Waals surface area contributed by atoms with Gasteiger partial charge >= 0.3 is 0 Å². The van der Waals surface area contributed by atoms with E-state index < -0.39 is 0 Å². The monoisotopic (exact) mass is 327 g/mol. The molecule has 2 aliphatic carbocycles. The molecular weight excluding hydrogens is 290 g/mol. The van der Waals surface area contributed by atoms with Crippen LogP contribution in [0.3, 0.4) is 0 Å². The minimum atomic E-state index is 0.784. The van der Waals surface area contributed by atoms with Gasteiger partial charge in [0, 0.05) is 5.69 Å². The zero-order valence-electron chi connectivity index (χ0n) is 15.7. The van der Waals surface area contributed by atoms with Gasteiger partial charge in [0.2, 0.25) is 0 Å². The molecule has 3 rings (SSSR count). The maximum absolute atomic E-state index is 5.82. The van der Waals surface area contributed by atoms with Crippen LogP contribution in [0.5, 0.6) is 0 Å². The predicted octanol–water partition coefficient (Wildman–Crippen LogP) is 6.93. The normalized spacial score (nSPS) is 31.0. The van der Waals surface area contributed by atoms with E-state index in [1.54, 1.807) is 0 Å². The van der Waals surface area contributed by atoms with Crippen molar-refractivity contribution in [3.05, 3.63) is 29.8 Å². The molecule has 1 aromatic carbocycles. The standard InChI is InChI=1S/C23H37N/c1-2-3-4-18-5-7-19(8-6-18)17-20-9-11-21(12-10-20)22-13-15-23(24)16-14-22/h13-16,18-21H,2-12,17,24H2,1H3. The SMILES string of the molecule is CCCCC1CCC(CC2CCC(c3ccc(N)cc3)CC2)CC1. The summed E-state index contributed by atoms with van der Waals surface area (Å²) in [4.78, 5) is 0. The molecule has 0 amide bonds. The van der Waals surface area contributed by atoms with Gasteiger partial charge in [0.25, 0.3) is 0 Å². The van der Waals surface area contributed by atoms with Crippen molar-refractivity contribution >= 4 is 5.69 Å². The Kier molecular flexibility index (Phi) is 6.63. The summed E-state index contributed by atoms with van der Waals surface area (Å²) in [6.45, 7) is 2.33. The third kappa shape index (κ3) is 5.01. The number of hydrogen-bond donors (Lipinski definition) is 1. The maximum Gasteiger partial charge on any atom is 0.0314 e. The molecule has 2 aliphatic rings. The van der Waals surface area contributed by atoms with E-state index >= 15 is 0 Å². The second-order valence-electron chi connectivity index (χ2n) is 8.65. The van der Waals surface area contributed by atoms with Crippen molar-refractivity contribution in [2.45, 2.75) is 89.9 Å². The Bertz CT molecular complexity index is 461. The number of rotatable bonds is 6. The molecule has 0 radical (unpaired) electrons. The number of nitrogens with two attached hydrogens (primary N) is 1. The quantitative estimate of drug-likeness (QED) is 0.563. The Hall–Kier alpha value is -0.980. The fourth-order valence-electron chi connectivity index (χ4n) is 5.22. The molecule has 0 atom stereocenters. The van der Waals surface area contributed by atoms with Gasteiger partial charge < -0.3 is 5.73 Å². The summed E-state index contributed by atoms with van der Waals surface area (Å²) in [5.41, 5.74) is 8.22. The molecule has 0 heterocycles. The van der Waals surface area contributed by atoms with Crippen LogP contribution in [0, 0.1) is 17.8 Å². The minimum absolute atomic E-state index is 0.784. The van der Waals surface area contributed by atoms with Crippen LogP contribution in [0.25, 0.3) is 0 Å². The highest BCUT2D eigenvalue weighted by molar-refractivity contribution is 5.40. The average Bonchev–Trinajstić information content (AvgIpc) is 2.63. The Labute approximate surface area is 149 Å². The molecule has 0 unspecified atom stereocenters. The van der Waals surface area contributed by atoms with Gasteiger partial charge in [0.1, 0.15) is 0 Å². The van der Waals surface area contributed by atoms with Crippen LogP contribution in [0.15, 0.2) is 24.3 Å². The van der Waals surface area contributed by atoms with Crippen molar-refractivity contribution in [2.75, 3.05) is 5.73 Å². The van der Waals surface area contributed by atoms with Crippen molar-refractivity contribution in [3.63, 3.8) is 0 Å². The summed E-state index contributed by atoms with van der Waals surface area (Å²) < 4.78 is 0. The van der Waals surface area contributed by atoms with Crippen molar-refractivity contribution in [1.29, 1.82) is 0 Å². The number of benzene rings is 1. The molecule has 24 heavy (non-hydrogen) atoms. The molecule has 134 valence electrons. The van der Waals surface area contributed by atoms with Crippen molar-refractivity contribution in [1.82, 2.24) is 0 Å². The molecule has 2 fully saturated rings. The van der Waals surface area contributed by atoms with Crippen LogP contribution in [-0.4, -0.2) is 0 Å². The molecule has 0 saturated heterocycles. The Morgan fingerprint density at radius 3 is 1.92 bits per heavy atom. The van der Waals surface area contributed by atoms with E-state index in [1.807, 2.05) is 0 Å². The maximum atomic E-state index is 5.82. The van der Waals surface area contributed by atoms with E-state index in [0.29, 0.717) is 0 Å². The first-order valence-electron chi connectivity index (χ1n) is 10.6. The highest BCUT2D eigenvalue weighted by Crippen LogP contribution is 2.41. The lowest BCUT2D eigenvalue weighted by atomic mass is 9.71. The molecule has 0 aromatic heterocycles. The summed E-state index contributed by atoms with van der Waals surface area (Å²) in [7, 11) is 0. The van der Waals surface area contributed by atoms with Gasteiger partial charge in [-0.05, 0) is 73.5 Å². The highest BCUT2D eigenvalue weighted by atomic mass is 14.5. The van der Waals surface area contributed by atoms with Crippen molar-refractivity contribution in [3.8, 4) is 0 Å². The fraction of sp³-hybridized carbons (Fsp3) is 0.739. The Morgan fingerprint density at radius 1 is 0.792 bits per heavy atom. The van der Waals surface area contributed by atoms with E-state index in [-0.39, 0.29) is 0 Å². The predicted molar refractivity (Wildman–Crippen MR) is 105 cm³/mol. The number of hydrogen-bond acceptors (Lipinski definition) is 1. The Balaban J connectivity index is 1.38. The molecule has 0 spiro atoms. The third-order valence-corrected chi connectivity index (χ3v) is 6.85. The van der Waals surface area contributed by atoms with E-state index in [9.17, 15) is 0 Å². The van der Waals surface area contributed by atoms with Gasteiger partial charge in [0.15, 0.2) is 0 Å². The topological polar surface area (TPSA) is 26.0 Å².